The molecule has 1 aliphatic rings. The number of nitrogens with one attached hydrogen (secondary N) is 1. The summed E-state index contributed by atoms with van der Waals surface area (Å²) in [5.74, 6) is 1.28. The van der Waals surface area contributed by atoms with E-state index in [1.165, 1.54) is 11.1 Å². The van der Waals surface area contributed by atoms with Gasteiger partial charge in [-0.25, -0.2) is 0 Å². The molecule has 0 radical (unpaired) electrons. The number of nitrogens with zero attached hydrogens (tertiary/aromatic N) is 1. The van der Waals surface area contributed by atoms with E-state index in [2.05, 4.69) is 30.4 Å². The molecule has 0 saturated heterocycles. The molecule has 2 amide bonds. The lowest BCUT2D eigenvalue weighted by molar-refractivity contribution is -0.142. The second-order valence-electron chi connectivity index (χ2n) is 7.15. The third-order valence-corrected chi connectivity index (χ3v) is 6.13. The van der Waals surface area contributed by atoms with Crippen molar-refractivity contribution in [3.05, 3.63) is 35.4 Å². The lowest BCUT2D eigenvalue weighted by Crippen LogP contribution is -2.60. The van der Waals surface area contributed by atoms with Crippen LogP contribution in [0, 0.1) is 6.92 Å². The van der Waals surface area contributed by atoms with Crippen molar-refractivity contribution < 1.29 is 9.59 Å². The highest BCUT2D eigenvalue weighted by Gasteiger charge is 2.42. The molecular weight excluding hydrogens is 344 g/mol. The number of hydrogen-bond acceptors (Lipinski definition) is 3. The summed E-state index contributed by atoms with van der Waals surface area (Å²) < 4.78 is 0. The highest BCUT2D eigenvalue weighted by Crippen LogP contribution is 2.30. The second kappa shape index (κ2) is 10.0. The first kappa shape index (κ1) is 20.8. The average molecular weight is 377 g/mol. The summed E-state index contributed by atoms with van der Waals surface area (Å²) in [5.41, 5.74) is 1.78. The first-order valence-corrected chi connectivity index (χ1v) is 10.9. The summed E-state index contributed by atoms with van der Waals surface area (Å²) in [5, 5.41) is 3.13. The maximum absolute atomic E-state index is 13.1. The van der Waals surface area contributed by atoms with Gasteiger partial charge in [0, 0.05) is 18.8 Å². The van der Waals surface area contributed by atoms with Gasteiger partial charge < -0.3 is 10.2 Å². The van der Waals surface area contributed by atoms with Gasteiger partial charge in [-0.1, -0.05) is 49.1 Å². The Morgan fingerprint density at radius 1 is 1.15 bits per heavy atom. The van der Waals surface area contributed by atoms with E-state index >= 15 is 0 Å². The fraction of sp³-hybridized carbons (Fsp3) is 0.619. The van der Waals surface area contributed by atoms with Crippen LogP contribution < -0.4 is 5.32 Å². The van der Waals surface area contributed by atoms with E-state index in [9.17, 15) is 9.59 Å². The van der Waals surface area contributed by atoms with Gasteiger partial charge in [0.05, 0.1) is 5.75 Å². The van der Waals surface area contributed by atoms with Crippen molar-refractivity contribution in [2.45, 2.75) is 64.2 Å². The average Bonchev–Trinajstić information content (AvgIpc) is 2.63. The van der Waals surface area contributed by atoms with Crippen LogP contribution in [0.4, 0.5) is 0 Å². The molecular formula is C21H32N2O2S. The van der Waals surface area contributed by atoms with E-state index in [4.69, 9.17) is 0 Å². The summed E-state index contributed by atoms with van der Waals surface area (Å²) in [6.07, 6.45) is 4.67. The summed E-state index contributed by atoms with van der Waals surface area (Å²) >= 11 is 1.61. The number of thioether (sulfide) groups is 1. The van der Waals surface area contributed by atoms with Gasteiger partial charge in [-0.05, 0) is 39.2 Å². The Labute approximate surface area is 162 Å². The van der Waals surface area contributed by atoms with Crippen LogP contribution in [0.2, 0.25) is 0 Å². The molecule has 0 aromatic heterocycles. The normalized spacial score (nSPS) is 16.1. The molecule has 0 aliphatic heterocycles. The lowest BCUT2D eigenvalue weighted by atomic mass is 9.80. The molecule has 0 unspecified atom stereocenters. The molecule has 1 aromatic carbocycles. The van der Waals surface area contributed by atoms with Crippen LogP contribution in [0.15, 0.2) is 24.3 Å². The Hall–Kier alpha value is -1.49. The largest absolute Gasteiger partial charge is 0.341 e. The predicted molar refractivity (Wildman–Crippen MR) is 109 cm³/mol. The summed E-state index contributed by atoms with van der Waals surface area (Å²) in [6, 6.07) is 8.36. The van der Waals surface area contributed by atoms with Crippen molar-refractivity contribution in [2.75, 3.05) is 18.8 Å². The van der Waals surface area contributed by atoms with Crippen molar-refractivity contribution >= 4 is 23.6 Å². The first-order chi connectivity index (χ1) is 12.5. The van der Waals surface area contributed by atoms with Crippen LogP contribution in [0.5, 0.6) is 0 Å². The predicted octanol–water partition coefficient (Wildman–Crippen LogP) is 3.92. The van der Waals surface area contributed by atoms with Gasteiger partial charge in [-0.3, -0.25) is 9.59 Å². The van der Waals surface area contributed by atoms with Crippen molar-refractivity contribution in [1.29, 1.82) is 0 Å². The van der Waals surface area contributed by atoms with E-state index in [0.717, 1.165) is 37.9 Å². The van der Waals surface area contributed by atoms with Crippen molar-refractivity contribution in [2.24, 2.45) is 0 Å². The summed E-state index contributed by atoms with van der Waals surface area (Å²) in [7, 11) is 0. The molecule has 144 valence electrons. The molecule has 1 N–H and O–H groups in total. The molecule has 0 spiro atoms. The van der Waals surface area contributed by atoms with Crippen LogP contribution in [-0.2, 0) is 15.3 Å². The van der Waals surface area contributed by atoms with Gasteiger partial charge in [0.15, 0.2) is 0 Å². The van der Waals surface area contributed by atoms with Crippen LogP contribution in [0.1, 0.15) is 57.1 Å². The third kappa shape index (κ3) is 5.50. The van der Waals surface area contributed by atoms with E-state index < -0.39 is 5.54 Å². The smallest absolute Gasteiger partial charge is 0.248 e. The van der Waals surface area contributed by atoms with Gasteiger partial charge in [0.1, 0.15) is 5.54 Å². The Kier molecular flexibility index (Phi) is 8.01. The maximum atomic E-state index is 13.1. The number of likely N-dealkylation sites (N-methyl/N-ethyl adjacent to an activating group) is 1. The third-order valence-electron chi connectivity index (χ3n) is 5.13. The fourth-order valence-electron chi connectivity index (χ4n) is 3.73. The lowest BCUT2D eigenvalue weighted by Gasteiger charge is -2.40. The van der Waals surface area contributed by atoms with Gasteiger partial charge in [-0.2, -0.15) is 0 Å². The van der Waals surface area contributed by atoms with Gasteiger partial charge in [0.2, 0.25) is 11.8 Å². The quantitative estimate of drug-likeness (QED) is 0.748. The molecule has 0 heterocycles. The molecule has 1 fully saturated rings. The van der Waals surface area contributed by atoms with Gasteiger partial charge in [-0.15, -0.1) is 11.8 Å². The van der Waals surface area contributed by atoms with Crippen molar-refractivity contribution in [3.63, 3.8) is 0 Å². The highest BCUT2D eigenvalue weighted by atomic mass is 32.2. The number of hydrogen-bond donors (Lipinski definition) is 1. The Balaban J connectivity index is 1.94. The number of benzene rings is 1. The van der Waals surface area contributed by atoms with Gasteiger partial charge >= 0.3 is 0 Å². The standard InChI is InChI=1S/C21H32N2O2S/c1-4-23(5-2)20(25)21(12-7-6-8-13-21)22-19(24)16-26-15-18-11-9-10-17(3)14-18/h9-11,14H,4-8,12-13,15-16H2,1-3H3,(H,22,24). The first-order valence-electron chi connectivity index (χ1n) is 9.74. The minimum absolute atomic E-state index is 0.0231. The molecule has 1 aliphatic carbocycles. The van der Waals surface area contributed by atoms with E-state index in [1.54, 1.807) is 11.8 Å². The number of aryl methyl sites for hydroxylation is 1. The molecule has 5 heteroatoms. The SMILES string of the molecule is CCN(CC)C(=O)C1(NC(=O)CSCc2cccc(C)c2)CCCCC1. The minimum atomic E-state index is -0.689. The molecule has 1 aromatic rings. The number of amides is 2. The Morgan fingerprint density at radius 3 is 2.46 bits per heavy atom. The monoisotopic (exact) mass is 376 g/mol. The highest BCUT2D eigenvalue weighted by molar-refractivity contribution is 7.99. The zero-order chi connectivity index (χ0) is 19.0. The van der Waals surface area contributed by atoms with Crippen LogP contribution >= 0.6 is 11.8 Å². The van der Waals surface area contributed by atoms with E-state index in [1.807, 2.05) is 24.8 Å². The van der Waals surface area contributed by atoms with E-state index in [-0.39, 0.29) is 11.8 Å². The number of rotatable bonds is 8. The molecule has 0 bridgehead atoms. The zero-order valence-electron chi connectivity index (χ0n) is 16.3. The van der Waals surface area contributed by atoms with Crippen molar-refractivity contribution in [1.82, 2.24) is 10.2 Å². The molecule has 2 rings (SSSR count). The molecule has 26 heavy (non-hydrogen) atoms. The zero-order valence-corrected chi connectivity index (χ0v) is 17.2. The minimum Gasteiger partial charge on any atom is -0.341 e. The second-order valence-corrected chi connectivity index (χ2v) is 8.14. The Morgan fingerprint density at radius 2 is 1.85 bits per heavy atom. The van der Waals surface area contributed by atoms with Gasteiger partial charge in [0.25, 0.3) is 0 Å². The van der Waals surface area contributed by atoms with Crippen LogP contribution in [-0.4, -0.2) is 41.1 Å². The number of carbonyl (C=O) groups excluding carboxylic acids is 2. The molecule has 1 saturated carbocycles. The van der Waals surface area contributed by atoms with Crippen LogP contribution in [0.3, 0.4) is 0 Å². The van der Waals surface area contributed by atoms with Crippen LogP contribution in [0.25, 0.3) is 0 Å². The van der Waals surface area contributed by atoms with E-state index in [0.29, 0.717) is 18.8 Å². The molecule has 0 atom stereocenters. The number of carbonyl (C=O) groups is 2. The summed E-state index contributed by atoms with van der Waals surface area (Å²) in [4.78, 5) is 27.5. The van der Waals surface area contributed by atoms with Crippen molar-refractivity contribution in [3.8, 4) is 0 Å². The topological polar surface area (TPSA) is 49.4 Å². The molecule has 4 nitrogen and oxygen atoms in total. The summed E-state index contributed by atoms with van der Waals surface area (Å²) in [6.45, 7) is 7.45. The Bertz CT molecular complexity index is 608. The maximum Gasteiger partial charge on any atom is 0.248 e. The fourth-order valence-corrected chi connectivity index (χ4v) is 4.50.